The minimum absolute atomic E-state index is 0.202. The van der Waals surface area contributed by atoms with Crippen molar-refractivity contribution in [1.82, 2.24) is 15.2 Å². The van der Waals surface area contributed by atoms with E-state index in [4.69, 9.17) is 9.47 Å². The monoisotopic (exact) mass is 437 g/mol. The number of ether oxygens (including phenoxy) is 2. The van der Waals surface area contributed by atoms with Gasteiger partial charge in [0.1, 0.15) is 0 Å². The van der Waals surface area contributed by atoms with E-state index in [9.17, 15) is 9.59 Å². The molecule has 0 aliphatic carbocycles. The molecule has 1 aromatic heterocycles. The van der Waals surface area contributed by atoms with Crippen LogP contribution in [0.4, 0.5) is 0 Å². The van der Waals surface area contributed by atoms with Crippen molar-refractivity contribution in [3.8, 4) is 11.5 Å². The van der Waals surface area contributed by atoms with Gasteiger partial charge >= 0.3 is 0 Å². The molecule has 170 valence electrons. The first kappa shape index (κ1) is 23.3. The van der Waals surface area contributed by atoms with E-state index in [0.717, 1.165) is 5.56 Å². The van der Waals surface area contributed by atoms with Crippen LogP contribution < -0.4 is 14.8 Å². The van der Waals surface area contributed by atoms with Crippen LogP contribution in [0.25, 0.3) is 0 Å². The Bertz CT molecular complexity index is 1030. The summed E-state index contributed by atoms with van der Waals surface area (Å²) in [5.41, 5.74) is 0.210. The summed E-state index contributed by atoms with van der Waals surface area (Å²) >= 11 is 0. The molecule has 7 heteroatoms. The Morgan fingerprint density at radius 3 is 2.41 bits per heavy atom. The van der Waals surface area contributed by atoms with E-state index in [2.05, 4.69) is 10.3 Å². The van der Waals surface area contributed by atoms with E-state index in [1.54, 1.807) is 49.6 Å². The standard InChI is InChI=1S/C25H31N3O4/c1-7-18-15-22(29)28(16-17-11-12-19(31-5)20(14-17)32-6)25(18,21-10-8-9-13-26-21)23(30)27-24(2,3)4/h8-15H,7,16H2,1-6H3,(H,27,30). The van der Waals surface area contributed by atoms with Crippen LogP contribution in [-0.2, 0) is 21.7 Å². The highest BCUT2D eigenvalue weighted by Crippen LogP contribution is 2.43. The molecule has 2 heterocycles. The molecule has 32 heavy (non-hydrogen) atoms. The summed E-state index contributed by atoms with van der Waals surface area (Å²) in [4.78, 5) is 33.3. The van der Waals surface area contributed by atoms with Gasteiger partial charge < -0.3 is 19.7 Å². The van der Waals surface area contributed by atoms with Crippen molar-refractivity contribution in [2.45, 2.75) is 51.7 Å². The number of amides is 2. The Kier molecular flexibility index (Phi) is 6.57. The summed E-state index contributed by atoms with van der Waals surface area (Å²) in [5.74, 6) is 0.648. The lowest BCUT2D eigenvalue weighted by molar-refractivity contribution is -0.143. The molecule has 1 N–H and O–H groups in total. The van der Waals surface area contributed by atoms with Gasteiger partial charge in [0.05, 0.1) is 19.9 Å². The molecule has 1 aliphatic heterocycles. The quantitative estimate of drug-likeness (QED) is 0.716. The number of pyridine rings is 1. The zero-order valence-corrected chi connectivity index (χ0v) is 19.6. The van der Waals surface area contributed by atoms with E-state index in [1.807, 2.05) is 45.9 Å². The zero-order valence-electron chi connectivity index (χ0n) is 19.6. The number of aromatic nitrogens is 1. The maximum absolute atomic E-state index is 13.9. The first-order valence-corrected chi connectivity index (χ1v) is 10.6. The second kappa shape index (κ2) is 9.02. The van der Waals surface area contributed by atoms with Gasteiger partial charge in [-0.25, -0.2) is 0 Å². The molecule has 7 nitrogen and oxygen atoms in total. The zero-order chi connectivity index (χ0) is 23.5. The highest BCUT2D eigenvalue weighted by Gasteiger charge is 2.55. The van der Waals surface area contributed by atoms with Crippen molar-refractivity contribution in [2.75, 3.05) is 14.2 Å². The summed E-state index contributed by atoms with van der Waals surface area (Å²) in [6.07, 6.45) is 3.74. The van der Waals surface area contributed by atoms with Gasteiger partial charge in [-0.1, -0.05) is 19.1 Å². The van der Waals surface area contributed by atoms with Crippen LogP contribution in [0.15, 0.2) is 54.2 Å². The third-order valence-corrected chi connectivity index (χ3v) is 5.46. The summed E-state index contributed by atoms with van der Waals surface area (Å²) in [5, 5.41) is 3.08. The van der Waals surface area contributed by atoms with E-state index in [1.165, 1.54) is 0 Å². The number of nitrogens with one attached hydrogen (secondary N) is 1. The molecule has 1 atom stereocenters. The molecule has 0 saturated carbocycles. The van der Waals surface area contributed by atoms with Gasteiger partial charge in [0.25, 0.3) is 5.91 Å². The third kappa shape index (κ3) is 4.20. The number of nitrogens with zero attached hydrogens (tertiary/aromatic N) is 2. The van der Waals surface area contributed by atoms with Gasteiger partial charge in [0.15, 0.2) is 17.0 Å². The molecule has 0 saturated heterocycles. The lowest BCUT2D eigenvalue weighted by atomic mass is 9.82. The number of hydrogen-bond acceptors (Lipinski definition) is 5. The van der Waals surface area contributed by atoms with Crippen LogP contribution in [0, 0.1) is 0 Å². The lowest BCUT2D eigenvalue weighted by Crippen LogP contribution is -2.59. The molecule has 1 unspecified atom stereocenters. The van der Waals surface area contributed by atoms with Crippen LogP contribution in [-0.4, -0.2) is 41.5 Å². The van der Waals surface area contributed by atoms with Crippen molar-refractivity contribution < 1.29 is 19.1 Å². The topological polar surface area (TPSA) is 80.8 Å². The molecule has 2 amide bonds. The van der Waals surface area contributed by atoms with Crippen LogP contribution in [0.5, 0.6) is 11.5 Å². The number of benzene rings is 1. The number of hydrogen-bond donors (Lipinski definition) is 1. The summed E-state index contributed by atoms with van der Waals surface area (Å²) in [7, 11) is 3.14. The predicted molar refractivity (Wildman–Crippen MR) is 122 cm³/mol. The largest absolute Gasteiger partial charge is 0.493 e. The molecule has 1 aromatic carbocycles. The van der Waals surface area contributed by atoms with Gasteiger partial charge in [0.2, 0.25) is 5.91 Å². The van der Waals surface area contributed by atoms with Crippen LogP contribution >= 0.6 is 0 Å². The van der Waals surface area contributed by atoms with Gasteiger partial charge in [-0.05, 0) is 62.6 Å². The molecular weight excluding hydrogens is 406 g/mol. The number of carbonyl (C=O) groups excluding carboxylic acids is 2. The highest BCUT2D eigenvalue weighted by atomic mass is 16.5. The van der Waals surface area contributed by atoms with Crippen molar-refractivity contribution in [2.24, 2.45) is 0 Å². The van der Waals surface area contributed by atoms with Crippen LogP contribution in [0.2, 0.25) is 0 Å². The Balaban J connectivity index is 2.16. The number of rotatable bonds is 7. The molecule has 1 aliphatic rings. The molecule has 0 fully saturated rings. The molecule has 0 spiro atoms. The van der Waals surface area contributed by atoms with Gasteiger partial charge in [-0.2, -0.15) is 0 Å². The summed E-state index contributed by atoms with van der Waals surface area (Å²) < 4.78 is 10.8. The van der Waals surface area contributed by atoms with Crippen LogP contribution in [0.1, 0.15) is 45.4 Å². The van der Waals surface area contributed by atoms with Crippen molar-refractivity contribution in [3.63, 3.8) is 0 Å². The van der Waals surface area contributed by atoms with Crippen LogP contribution in [0.3, 0.4) is 0 Å². The normalized spacial score (nSPS) is 18.4. The van der Waals surface area contributed by atoms with E-state index in [-0.39, 0.29) is 18.4 Å². The molecule has 0 bridgehead atoms. The second-order valence-electron chi connectivity index (χ2n) is 8.77. The lowest BCUT2D eigenvalue weighted by Gasteiger charge is -2.41. The Labute approximate surface area is 189 Å². The minimum atomic E-state index is -1.34. The van der Waals surface area contributed by atoms with Gasteiger partial charge in [-0.3, -0.25) is 14.6 Å². The molecule has 2 aromatic rings. The molecular formula is C25H31N3O4. The molecule has 0 radical (unpaired) electrons. The first-order valence-electron chi connectivity index (χ1n) is 10.6. The van der Waals surface area contributed by atoms with Crippen molar-refractivity contribution >= 4 is 11.8 Å². The first-order chi connectivity index (χ1) is 15.2. The number of carbonyl (C=O) groups is 2. The van der Waals surface area contributed by atoms with Gasteiger partial charge in [-0.15, -0.1) is 0 Å². The number of methoxy groups -OCH3 is 2. The summed E-state index contributed by atoms with van der Waals surface area (Å²) in [6.45, 7) is 7.90. The van der Waals surface area contributed by atoms with Crippen molar-refractivity contribution in [1.29, 1.82) is 0 Å². The van der Waals surface area contributed by atoms with Gasteiger partial charge in [0, 0.05) is 24.4 Å². The average Bonchev–Trinajstić information content (AvgIpc) is 3.05. The summed E-state index contributed by atoms with van der Waals surface area (Å²) in [6, 6.07) is 10.9. The SMILES string of the molecule is CCC1=CC(=O)N(Cc2ccc(OC)c(OC)c2)C1(C(=O)NC(C)(C)C)c1ccccn1. The van der Waals surface area contributed by atoms with Crippen molar-refractivity contribution in [3.05, 3.63) is 65.5 Å². The predicted octanol–water partition coefficient (Wildman–Crippen LogP) is 3.59. The fourth-order valence-electron chi connectivity index (χ4n) is 4.08. The Morgan fingerprint density at radius 2 is 1.84 bits per heavy atom. The van der Waals surface area contributed by atoms with E-state index >= 15 is 0 Å². The Hall–Kier alpha value is -3.35. The second-order valence-corrected chi connectivity index (χ2v) is 8.77. The smallest absolute Gasteiger partial charge is 0.257 e. The minimum Gasteiger partial charge on any atom is -0.493 e. The fourth-order valence-corrected chi connectivity index (χ4v) is 4.08. The highest BCUT2D eigenvalue weighted by molar-refractivity contribution is 6.03. The maximum atomic E-state index is 13.9. The maximum Gasteiger partial charge on any atom is 0.257 e. The fraction of sp³-hybridized carbons (Fsp3) is 0.400. The van der Waals surface area contributed by atoms with E-state index in [0.29, 0.717) is 29.2 Å². The van der Waals surface area contributed by atoms with E-state index < -0.39 is 11.1 Å². The average molecular weight is 438 g/mol. The molecule has 3 rings (SSSR count). The Morgan fingerprint density at radius 1 is 1.12 bits per heavy atom. The third-order valence-electron chi connectivity index (χ3n) is 5.46.